The average Bonchev–Trinajstić information content (AvgIpc) is 3.57. The molecule has 36 heavy (non-hydrogen) atoms. The van der Waals surface area contributed by atoms with Gasteiger partial charge in [-0.2, -0.15) is 0 Å². The predicted octanol–water partition coefficient (Wildman–Crippen LogP) is 4.20. The number of methoxy groups -OCH3 is 1. The van der Waals surface area contributed by atoms with Crippen LogP contribution in [0.25, 0.3) is 0 Å². The maximum Gasteiger partial charge on any atom is 0.315 e. The molecule has 2 fully saturated rings. The third-order valence-electron chi connectivity index (χ3n) is 8.98. The number of urea groups is 1. The van der Waals surface area contributed by atoms with Gasteiger partial charge in [-0.25, -0.2) is 4.79 Å². The molecule has 0 bridgehead atoms. The Morgan fingerprint density at radius 2 is 2.08 bits per heavy atom. The minimum atomic E-state index is -1.11. The van der Waals surface area contributed by atoms with E-state index in [1.807, 2.05) is 18.0 Å². The molecule has 0 radical (unpaired) electrons. The topological polar surface area (TPSA) is 97.1 Å². The van der Waals surface area contributed by atoms with Crippen LogP contribution in [0.2, 0.25) is 0 Å². The first-order valence-electron chi connectivity index (χ1n) is 14.2. The van der Waals surface area contributed by atoms with Crippen molar-refractivity contribution in [3.63, 3.8) is 0 Å². The van der Waals surface area contributed by atoms with Crippen molar-refractivity contribution in [3.8, 4) is 5.75 Å². The molecule has 1 aromatic carbocycles. The minimum absolute atomic E-state index is 0.114. The quantitative estimate of drug-likeness (QED) is 0.373. The number of carbonyl (C=O) groups excluding carboxylic acids is 1. The Kier molecular flexibility index (Phi) is 9.53. The van der Waals surface area contributed by atoms with E-state index < -0.39 is 5.60 Å². The summed E-state index contributed by atoms with van der Waals surface area (Å²) in [4.78, 5) is 14.7. The zero-order valence-electron chi connectivity index (χ0n) is 22.3. The van der Waals surface area contributed by atoms with Crippen LogP contribution in [0.3, 0.4) is 0 Å². The van der Waals surface area contributed by atoms with Crippen molar-refractivity contribution >= 4 is 6.03 Å². The molecule has 3 aliphatic rings. The van der Waals surface area contributed by atoms with E-state index in [2.05, 4.69) is 17.4 Å². The number of piperidine rings is 1. The van der Waals surface area contributed by atoms with E-state index in [1.165, 1.54) is 31.2 Å². The Balaban J connectivity index is 1.75. The number of amides is 2. The first kappa shape index (κ1) is 27.2. The second-order valence-electron chi connectivity index (χ2n) is 11.2. The van der Waals surface area contributed by atoms with Crippen LogP contribution in [0.1, 0.15) is 75.3 Å². The first-order valence-corrected chi connectivity index (χ1v) is 14.2. The lowest BCUT2D eigenvalue weighted by Gasteiger charge is -2.51. The number of likely N-dealkylation sites (tertiary alicyclic amines) is 1. The van der Waals surface area contributed by atoms with Gasteiger partial charge in [-0.05, 0) is 69.5 Å². The highest BCUT2D eigenvalue weighted by molar-refractivity contribution is 5.72. The van der Waals surface area contributed by atoms with E-state index in [0.717, 1.165) is 56.4 Å². The fraction of sp³-hybridized carbons (Fsp3) is 0.759. The van der Waals surface area contributed by atoms with Crippen molar-refractivity contribution in [1.82, 2.24) is 10.2 Å². The lowest BCUT2D eigenvalue weighted by Crippen LogP contribution is -2.60. The van der Waals surface area contributed by atoms with Gasteiger partial charge in [0.1, 0.15) is 5.75 Å². The standard InChI is InChI=1S/C29H47N3O4/c1-31-20-23(19-21-9-3-4-10-21)26-24(13-8-16-32(26)28(30)33)29(34,15-5-6-17-35-2)25-12-7-11-22-14-18-36-27(22)25/h7,11-12,21,23-24,26,31,34H,3-6,8-10,13-20H2,1-2H3,(H2,30,33)/t23-,24?,26?,29-/m0/s1. The van der Waals surface area contributed by atoms with Gasteiger partial charge in [0.05, 0.1) is 12.2 Å². The second-order valence-corrected chi connectivity index (χ2v) is 11.2. The molecule has 2 aliphatic heterocycles. The number of rotatable bonds is 12. The van der Waals surface area contributed by atoms with Gasteiger partial charge in [0.15, 0.2) is 0 Å². The molecule has 1 aromatic rings. The Morgan fingerprint density at radius 3 is 2.81 bits per heavy atom. The van der Waals surface area contributed by atoms with Crippen LogP contribution < -0.4 is 15.8 Å². The Hall–Kier alpha value is -1.83. The summed E-state index contributed by atoms with van der Waals surface area (Å²) >= 11 is 0. The molecule has 7 heteroatoms. The van der Waals surface area contributed by atoms with Crippen molar-refractivity contribution < 1.29 is 19.4 Å². The summed E-state index contributed by atoms with van der Waals surface area (Å²) < 4.78 is 11.4. The zero-order valence-corrected chi connectivity index (χ0v) is 22.3. The highest BCUT2D eigenvalue weighted by atomic mass is 16.5. The fourth-order valence-corrected chi connectivity index (χ4v) is 7.38. The summed E-state index contributed by atoms with van der Waals surface area (Å²) in [6, 6.07) is 5.72. The number of nitrogens with zero attached hydrogens (tertiary/aromatic N) is 1. The van der Waals surface area contributed by atoms with Crippen LogP contribution in [0.4, 0.5) is 4.79 Å². The number of nitrogens with one attached hydrogen (secondary N) is 1. The van der Waals surface area contributed by atoms with Crippen molar-refractivity contribution in [2.45, 2.75) is 82.3 Å². The van der Waals surface area contributed by atoms with Gasteiger partial charge in [0, 0.05) is 44.2 Å². The number of primary amides is 1. The number of fused-ring (bicyclic) bond motifs is 1. The van der Waals surface area contributed by atoms with Crippen LogP contribution in [0, 0.1) is 17.8 Å². The SMILES string of the molecule is CNC[C@H](CC1CCCC1)C1C([C@@](O)(CCCCOC)c2cccc3c2OCC3)CCCN1C(N)=O. The number of hydrogen-bond donors (Lipinski definition) is 3. The van der Waals surface area contributed by atoms with Gasteiger partial charge in [0.2, 0.25) is 0 Å². The summed E-state index contributed by atoms with van der Waals surface area (Å²) in [5, 5.41) is 16.2. The van der Waals surface area contributed by atoms with E-state index >= 15 is 0 Å². The van der Waals surface area contributed by atoms with Crippen molar-refractivity contribution in [3.05, 3.63) is 29.3 Å². The highest BCUT2D eigenvalue weighted by Gasteiger charge is 2.51. The number of para-hydroxylation sites is 1. The van der Waals surface area contributed by atoms with Crippen LogP contribution in [-0.4, -0.2) is 62.5 Å². The van der Waals surface area contributed by atoms with E-state index in [0.29, 0.717) is 32.1 Å². The number of benzene rings is 1. The van der Waals surface area contributed by atoms with E-state index in [-0.39, 0.29) is 23.9 Å². The molecule has 2 heterocycles. The molecule has 1 saturated carbocycles. The van der Waals surface area contributed by atoms with Gasteiger partial charge in [-0.15, -0.1) is 0 Å². The molecule has 1 aliphatic carbocycles. The molecular formula is C29H47N3O4. The molecule has 0 aromatic heterocycles. The largest absolute Gasteiger partial charge is 0.493 e. The van der Waals surface area contributed by atoms with Gasteiger partial charge >= 0.3 is 6.03 Å². The summed E-state index contributed by atoms with van der Waals surface area (Å²) in [5.41, 5.74) is 6.97. The number of aliphatic hydroxyl groups is 1. The van der Waals surface area contributed by atoms with Gasteiger partial charge in [-0.3, -0.25) is 0 Å². The lowest BCUT2D eigenvalue weighted by molar-refractivity contribution is -0.0941. The minimum Gasteiger partial charge on any atom is -0.493 e. The third kappa shape index (κ3) is 5.84. The normalized spacial score (nSPS) is 24.8. The van der Waals surface area contributed by atoms with Gasteiger partial charge in [-0.1, -0.05) is 43.9 Å². The summed E-state index contributed by atoms with van der Waals surface area (Å²) in [6.45, 7) is 2.79. The third-order valence-corrected chi connectivity index (χ3v) is 8.98. The maximum absolute atomic E-state index is 12.8. The highest BCUT2D eigenvalue weighted by Crippen LogP contribution is 2.50. The van der Waals surface area contributed by atoms with Gasteiger partial charge < -0.3 is 30.5 Å². The summed E-state index contributed by atoms with van der Waals surface area (Å²) in [7, 11) is 3.71. The lowest BCUT2D eigenvalue weighted by atomic mass is 9.65. The van der Waals surface area contributed by atoms with Crippen LogP contribution in [-0.2, 0) is 16.8 Å². The zero-order chi connectivity index (χ0) is 25.5. The number of unbranched alkanes of at least 4 members (excludes halogenated alkanes) is 1. The maximum atomic E-state index is 12.8. The van der Waals surface area contributed by atoms with Crippen molar-refractivity contribution in [1.29, 1.82) is 0 Å². The number of hydrogen-bond acceptors (Lipinski definition) is 5. The number of carbonyl (C=O) groups is 1. The molecule has 7 nitrogen and oxygen atoms in total. The molecule has 4 N–H and O–H groups in total. The molecule has 4 rings (SSSR count). The average molecular weight is 502 g/mol. The molecule has 202 valence electrons. The predicted molar refractivity (Wildman–Crippen MR) is 142 cm³/mol. The molecule has 1 saturated heterocycles. The van der Waals surface area contributed by atoms with Crippen LogP contribution in [0.5, 0.6) is 5.75 Å². The number of ether oxygens (including phenoxy) is 2. The molecule has 2 amide bonds. The Bertz CT molecular complexity index is 859. The van der Waals surface area contributed by atoms with Crippen LogP contribution >= 0.6 is 0 Å². The van der Waals surface area contributed by atoms with E-state index in [1.54, 1.807) is 7.11 Å². The van der Waals surface area contributed by atoms with Crippen molar-refractivity contribution in [2.24, 2.45) is 23.5 Å². The summed E-state index contributed by atoms with van der Waals surface area (Å²) in [6.07, 6.45) is 11.1. The van der Waals surface area contributed by atoms with Gasteiger partial charge in [0.25, 0.3) is 0 Å². The Morgan fingerprint density at radius 1 is 1.28 bits per heavy atom. The molecule has 2 unspecified atom stereocenters. The first-order chi connectivity index (χ1) is 17.5. The van der Waals surface area contributed by atoms with Crippen molar-refractivity contribution in [2.75, 3.05) is 40.5 Å². The fourth-order valence-electron chi connectivity index (χ4n) is 7.38. The Labute approximate surface area is 217 Å². The van der Waals surface area contributed by atoms with E-state index in [4.69, 9.17) is 15.2 Å². The molecule has 0 spiro atoms. The number of nitrogens with two attached hydrogens (primary N) is 1. The van der Waals surface area contributed by atoms with Crippen LogP contribution in [0.15, 0.2) is 18.2 Å². The molecule has 4 atom stereocenters. The second kappa shape index (κ2) is 12.6. The van der Waals surface area contributed by atoms with E-state index in [9.17, 15) is 9.90 Å². The summed E-state index contributed by atoms with van der Waals surface area (Å²) in [5.74, 6) is 1.65. The monoisotopic (exact) mass is 501 g/mol. The smallest absolute Gasteiger partial charge is 0.315 e. The molecular weight excluding hydrogens is 454 g/mol.